The van der Waals surface area contributed by atoms with E-state index in [1.165, 1.54) is 13.0 Å². The van der Waals surface area contributed by atoms with Gasteiger partial charge in [0.05, 0.1) is 23.5 Å². The molecule has 0 aliphatic heterocycles. The topological polar surface area (TPSA) is 149 Å². The molecule has 4 aliphatic carbocycles. The number of allylic oxidation sites excluding steroid dienone is 2. The Labute approximate surface area is 224 Å². The Morgan fingerprint density at radius 3 is 2.26 bits per heavy atom. The average molecular weight is 531 g/mol. The quantitative estimate of drug-likeness (QED) is 0.396. The van der Waals surface area contributed by atoms with Crippen LogP contribution in [0.25, 0.3) is 0 Å². The zero-order valence-electron chi connectivity index (χ0n) is 23.5. The molecule has 0 aromatic rings. The van der Waals surface area contributed by atoms with Gasteiger partial charge in [0.15, 0.2) is 11.6 Å². The van der Waals surface area contributed by atoms with Gasteiger partial charge >= 0.3 is 5.97 Å². The third-order valence-corrected chi connectivity index (χ3v) is 11.3. The van der Waals surface area contributed by atoms with Crippen LogP contribution >= 0.6 is 0 Å². The molecule has 4 rings (SSSR count). The standard InChI is InChI=1S/C30H42O8/c1-14(10-16(31)11-15(2)26(37)38)17-12-21(34)30(7)22-18(32)13-19-27(3,4)20(33)8-9-28(19,5)23(22)24(35)25(36)29(17,30)6/h10,15,17-20,25,32-33,36H,8-9,11-13H2,1-7H3,(H,37,38)/t15?,17-,18+,19+,20+,25-,28+,29+,30+/m1/s1. The summed E-state index contributed by atoms with van der Waals surface area (Å²) in [6.07, 6.45) is -0.790. The molecule has 210 valence electrons. The molecule has 38 heavy (non-hydrogen) atoms. The Bertz CT molecular complexity index is 1160. The van der Waals surface area contributed by atoms with Crippen LogP contribution in [-0.4, -0.2) is 62.1 Å². The molecule has 2 saturated carbocycles. The normalized spacial score (nSPS) is 43.3. The van der Waals surface area contributed by atoms with Crippen LogP contribution in [0.2, 0.25) is 0 Å². The molecule has 0 radical (unpaired) electrons. The van der Waals surface area contributed by atoms with E-state index in [-0.39, 0.29) is 24.5 Å². The smallest absolute Gasteiger partial charge is 0.306 e. The highest BCUT2D eigenvalue weighted by Crippen LogP contribution is 2.70. The van der Waals surface area contributed by atoms with E-state index in [2.05, 4.69) is 0 Å². The molecular weight excluding hydrogens is 488 g/mol. The van der Waals surface area contributed by atoms with Crippen LogP contribution in [0.5, 0.6) is 0 Å². The lowest BCUT2D eigenvalue weighted by Crippen LogP contribution is -2.64. The second kappa shape index (κ2) is 8.93. The largest absolute Gasteiger partial charge is 0.481 e. The van der Waals surface area contributed by atoms with Gasteiger partial charge in [0.25, 0.3) is 0 Å². The van der Waals surface area contributed by atoms with E-state index in [9.17, 15) is 34.5 Å². The fourth-order valence-electron chi connectivity index (χ4n) is 8.71. The van der Waals surface area contributed by atoms with Crippen LogP contribution in [0.1, 0.15) is 80.6 Å². The van der Waals surface area contributed by atoms with Crippen molar-refractivity contribution >= 4 is 23.3 Å². The fraction of sp³-hybridized carbons (Fsp3) is 0.733. The van der Waals surface area contributed by atoms with Crippen molar-refractivity contribution < 1.29 is 39.6 Å². The van der Waals surface area contributed by atoms with Gasteiger partial charge < -0.3 is 20.4 Å². The summed E-state index contributed by atoms with van der Waals surface area (Å²) < 4.78 is 0. The number of aliphatic carboxylic acids is 1. The number of hydrogen-bond acceptors (Lipinski definition) is 7. The minimum absolute atomic E-state index is 0.00468. The summed E-state index contributed by atoms with van der Waals surface area (Å²) in [5.41, 5.74) is -2.67. The summed E-state index contributed by atoms with van der Waals surface area (Å²) in [7, 11) is 0. The number of carboxylic acids is 1. The van der Waals surface area contributed by atoms with Crippen molar-refractivity contribution in [2.24, 2.45) is 39.4 Å². The first-order valence-corrected chi connectivity index (χ1v) is 13.7. The van der Waals surface area contributed by atoms with E-state index in [4.69, 9.17) is 5.11 Å². The number of hydrogen-bond donors (Lipinski definition) is 4. The van der Waals surface area contributed by atoms with E-state index in [1.54, 1.807) is 20.8 Å². The fourth-order valence-corrected chi connectivity index (χ4v) is 8.71. The maximum absolute atomic E-state index is 14.1. The molecule has 0 heterocycles. The molecule has 4 aliphatic rings. The monoisotopic (exact) mass is 530 g/mol. The second-order valence-electron chi connectivity index (χ2n) is 13.5. The molecule has 0 aromatic heterocycles. The summed E-state index contributed by atoms with van der Waals surface area (Å²) >= 11 is 0. The molecule has 1 unspecified atom stereocenters. The predicted molar refractivity (Wildman–Crippen MR) is 139 cm³/mol. The SMILES string of the molecule is CC(=CC(=O)CC(C)C(=O)O)[C@H]1CC(=O)[C@@]2(C)C3=C(C(=O)[C@@H](O)[C@]12C)[C@@]1(C)CC[C@H](O)C(C)(C)[C@@H]1C[C@@H]3O. The van der Waals surface area contributed by atoms with Crippen LogP contribution < -0.4 is 0 Å². The van der Waals surface area contributed by atoms with Gasteiger partial charge in [-0.15, -0.1) is 0 Å². The zero-order chi connectivity index (χ0) is 28.7. The summed E-state index contributed by atoms with van der Waals surface area (Å²) in [5, 5.41) is 43.2. The van der Waals surface area contributed by atoms with Crippen LogP contribution in [0.4, 0.5) is 0 Å². The maximum atomic E-state index is 14.1. The molecule has 0 amide bonds. The molecule has 4 N–H and O–H groups in total. The number of carbonyl (C=O) groups excluding carboxylic acids is 3. The van der Waals surface area contributed by atoms with Crippen LogP contribution in [0.15, 0.2) is 22.8 Å². The van der Waals surface area contributed by atoms with Crippen molar-refractivity contribution in [1.29, 1.82) is 0 Å². The molecule has 0 aromatic carbocycles. The predicted octanol–water partition coefficient (Wildman–Crippen LogP) is 3.02. The Balaban J connectivity index is 1.85. The number of ketones is 3. The molecule has 0 spiro atoms. The first-order valence-electron chi connectivity index (χ1n) is 13.7. The van der Waals surface area contributed by atoms with Gasteiger partial charge in [-0.25, -0.2) is 0 Å². The number of fused-ring (bicyclic) bond motifs is 4. The summed E-state index contributed by atoms with van der Waals surface area (Å²) in [5.74, 6) is -3.88. The van der Waals surface area contributed by atoms with Crippen molar-refractivity contribution in [3.05, 3.63) is 22.8 Å². The molecule has 9 atom stereocenters. The highest BCUT2D eigenvalue weighted by atomic mass is 16.4. The van der Waals surface area contributed by atoms with Crippen molar-refractivity contribution in [2.45, 2.75) is 98.9 Å². The van der Waals surface area contributed by atoms with Crippen molar-refractivity contribution in [3.63, 3.8) is 0 Å². The van der Waals surface area contributed by atoms with Crippen LogP contribution in [0.3, 0.4) is 0 Å². The minimum Gasteiger partial charge on any atom is -0.481 e. The van der Waals surface area contributed by atoms with Gasteiger partial charge in [-0.3, -0.25) is 19.2 Å². The molecule has 2 fully saturated rings. The lowest BCUT2D eigenvalue weighted by atomic mass is 9.42. The highest BCUT2D eigenvalue weighted by Gasteiger charge is 2.73. The van der Waals surface area contributed by atoms with E-state index < -0.39 is 69.3 Å². The number of rotatable bonds is 5. The number of Topliss-reactive ketones (excluding diaryl/α,β-unsaturated/α-hetero) is 2. The molecule has 8 nitrogen and oxygen atoms in total. The molecule has 0 bridgehead atoms. The summed E-state index contributed by atoms with van der Waals surface area (Å²) in [6.45, 7) is 12.4. The second-order valence-corrected chi connectivity index (χ2v) is 13.5. The van der Waals surface area contributed by atoms with Crippen molar-refractivity contribution in [3.8, 4) is 0 Å². The lowest BCUT2D eigenvalue weighted by Gasteiger charge is -2.62. The third kappa shape index (κ3) is 3.59. The summed E-state index contributed by atoms with van der Waals surface area (Å²) in [4.78, 5) is 51.9. The molecular formula is C30H42O8. The van der Waals surface area contributed by atoms with E-state index in [0.717, 1.165) is 0 Å². The third-order valence-electron chi connectivity index (χ3n) is 11.3. The Morgan fingerprint density at radius 1 is 1.08 bits per heavy atom. The van der Waals surface area contributed by atoms with Gasteiger partial charge in [-0.05, 0) is 67.4 Å². The maximum Gasteiger partial charge on any atom is 0.306 e. The van der Waals surface area contributed by atoms with Gasteiger partial charge in [-0.2, -0.15) is 0 Å². The Hall–Kier alpha value is -2.16. The number of carboxylic acid groups (broad SMARTS) is 1. The van der Waals surface area contributed by atoms with Gasteiger partial charge in [0.2, 0.25) is 0 Å². The van der Waals surface area contributed by atoms with E-state index in [1.807, 2.05) is 20.8 Å². The first-order chi connectivity index (χ1) is 17.4. The number of aliphatic hydroxyl groups excluding tert-OH is 3. The average Bonchev–Trinajstić information content (AvgIpc) is 3.03. The zero-order valence-corrected chi connectivity index (χ0v) is 23.5. The molecule has 8 heteroatoms. The first kappa shape index (κ1) is 28.8. The Morgan fingerprint density at radius 2 is 1.68 bits per heavy atom. The van der Waals surface area contributed by atoms with Gasteiger partial charge in [0, 0.05) is 23.8 Å². The summed E-state index contributed by atoms with van der Waals surface area (Å²) in [6, 6.07) is 0. The lowest BCUT2D eigenvalue weighted by molar-refractivity contribution is -0.156. The highest BCUT2D eigenvalue weighted by molar-refractivity contribution is 6.08. The molecule has 0 saturated heterocycles. The number of aliphatic hydroxyl groups is 3. The van der Waals surface area contributed by atoms with Crippen molar-refractivity contribution in [1.82, 2.24) is 0 Å². The van der Waals surface area contributed by atoms with E-state index >= 15 is 0 Å². The minimum atomic E-state index is -1.53. The van der Waals surface area contributed by atoms with E-state index in [0.29, 0.717) is 36.0 Å². The van der Waals surface area contributed by atoms with Gasteiger partial charge in [-0.1, -0.05) is 40.2 Å². The van der Waals surface area contributed by atoms with Crippen molar-refractivity contribution in [2.75, 3.05) is 0 Å². The van der Waals surface area contributed by atoms with Gasteiger partial charge in [0.1, 0.15) is 11.9 Å². The van der Waals surface area contributed by atoms with Crippen LogP contribution in [-0.2, 0) is 19.2 Å². The Kier molecular flexibility index (Phi) is 6.78. The number of carbonyl (C=O) groups is 4. The van der Waals surface area contributed by atoms with Crippen LogP contribution in [0, 0.1) is 39.4 Å².